The van der Waals surface area contributed by atoms with Crippen LogP contribution in [-0.2, 0) is 14.3 Å². The monoisotopic (exact) mass is 342 g/mol. The molecule has 2 atom stereocenters. The number of carbonyl (C=O) groups excluding carboxylic acids is 1. The maximum atomic E-state index is 12.4. The first kappa shape index (κ1) is 19.6. The molecule has 2 aliphatic rings. The van der Waals surface area contributed by atoms with Crippen LogP contribution in [0.25, 0.3) is 0 Å². The summed E-state index contributed by atoms with van der Waals surface area (Å²) in [7, 11) is 0. The van der Waals surface area contributed by atoms with Crippen LogP contribution in [0.3, 0.4) is 0 Å². The number of hydrogen-bond donors (Lipinski definition) is 1. The number of hydrogen-bond acceptors (Lipinski definition) is 5. The molecular weight excluding hydrogens is 308 g/mol. The topological polar surface area (TPSA) is 62.2 Å². The maximum absolute atomic E-state index is 12.4. The van der Waals surface area contributed by atoms with E-state index in [4.69, 9.17) is 9.47 Å². The number of aliphatic hydroxyl groups excluding tert-OH is 1. The number of aliphatic hydroxyl groups is 1. The standard InChI is InChI=1S/C18H34N2O4/c1-3-20(4-2)18(22)15-7-9-19(10-8-15)12-16(21)13-23-14-17-6-5-11-24-17/h15-17,21H,3-14H2,1-2H3. The zero-order chi connectivity index (χ0) is 17.4. The fourth-order valence-corrected chi connectivity index (χ4v) is 3.62. The van der Waals surface area contributed by atoms with E-state index in [1.54, 1.807) is 0 Å². The van der Waals surface area contributed by atoms with Crippen molar-refractivity contribution >= 4 is 5.91 Å². The van der Waals surface area contributed by atoms with Crippen LogP contribution in [0.15, 0.2) is 0 Å². The quantitative estimate of drug-likeness (QED) is 0.680. The predicted molar refractivity (Wildman–Crippen MR) is 92.9 cm³/mol. The summed E-state index contributed by atoms with van der Waals surface area (Å²) in [6, 6.07) is 0. The van der Waals surface area contributed by atoms with Gasteiger partial charge in [-0.05, 0) is 52.6 Å². The minimum atomic E-state index is -0.471. The van der Waals surface area contributed by atoms with Gasteiger partial charge in [-0.3, -0.25) is 4.79 Å². The highest BCUT2D eigenvalue weighted by molar-refractivity contribution is 5.78. The van der Waals surface area contributed by atoms with Crippen molar-refractivity contribution in [3.63, 3.8) is 0 Å². The lowest BCUT2D eigenvalue weighted by Gasteiger charge is -2.34. The Hall–Kier alpha value is -0.690. The van der Waals surface area contributed by atoms with E-state index in [2.05, 4.69) is 4.90 Å². The summed E-state index contributed by atoms with van der Waals surface area (Å²) in [5, 5.41) is 10.1. The van der Waals surface area contributed by atoms with Crippen LogP contribution >= 0.6 is 0 Å². The molecule has 6 heteroatoms. The predicted octanol–water partition coefficient (Wildman–Crippen LogP) is 1.12. The number of ether oxygens (including phenoxy) is 2. The van der Waals surface area contributed by atoms with Gasteiger partial charge in [0.25, 0.3) is 0 Å². The Morgan fingerprint density at radius 2 is 2.00 bits per heavy atom. The molecule has 2 rings (SSSR count). The van der Waals surface area contributed by atoms with Crippen LogP contribution in [0, 0.1) is 5.92 Å². The molecule has 6 nitrogen and oxygen atoms in total. The van der Waals surface area contributed by atoms with E-state index < -0.39 is 6.10 Å². The van der Waals surface area contributed by atoms with Crippen molar-refractivity contribution in [2.75, 3.05) is 52.5 Å². The van der Waals surface area contributed by atoms with Gasteiger partial charge >= 0.3 is 0 Å². The second-order valence-electron chi connectivity index (χ2n) is 6.91. The average Bonchev–Trinajstić information content (AvgIpc) is 3.10. The van der Waals surface area contributed by atoms with Gasteiger partial charge in [0, 0.05) is 32.2 Å². The van der Waals surface area contributed by atoms with Gasteiger partial charge in [0.1, 0.15) is 0 Å². The zero-order valence-corrected chi connectivity index (χ0v) is 15.3. The lowest BCUT2D eigenvalue weighted by molar-refractivity contribution is -0.136. The first-order valence-corrected chi connectivity index (χ1v) is 9.52. The fourth-order valence-electron chi connectivity index (χ4n) is 3.62. The number of nitrogens with zero attached hydrogens (tertiary/aromatic N) is 2. The first-order chi connectivity index (χ1) is 11.6. The normalized spacial score (nSPS) is 24.2. The Morgan fingerprint density at radius 1 is 1.29 bits per heavy atom. The summed E-state index contributed by atoms with van der Waals surface area (Å²) in [6.07, 6.45) is 3.68. The Bertz CT molecular complexity index is 362. The fraction of sp³-hybridized carbons (Fsp3) is 0.944. The molecule has 0 radical (unpaired) electrons. The van der Waals surface area contributed by atoms with E-state index in [1.807, 2.05) is 18.7 Å². The molecule has 0 saturated carbocycles. The maximum Gasteiger partial charge on any atom is 0.225 e. The molecule has 0 aliphatic carbocycles. The van der Waals surface area contributed by atoms with E-state index in [-0.39, 0.29) is 12.0 Å². The minimum Gasteiger partial charge on any atom is -0.389 e. The van der Waals surface area contributed by atoms with Crippen molar-refractivity contribution in [1.29, 1.82) is 0 Å². The highest BCUT2D eigenvalue weighted by atomic mass is 16.5. The zero-order valence-electron chi connectivity index (χ0n) is 15.3. The van der Waals surface area contributed by atoms with Gasteiger partial charge in [-0.25, -0.2) is 0 Å². The van der Waals surface area contributed by atoms with Crippen LogP contribution in [0.5, 0.6) is 0 Å². The van der Waals surface area contributed by atoms with Gasteiger partial charge in [0.15, 0.2) is 0 Å². The number of β-amino-alcohol motifs (C(OH)–C–C–N with tert-alkyl or cyclic N) is 1. The van der Waals surface area contributed by atoms with Crippen molar-refractivity contribution in [1.82, 2.24) is 9.80 Å². The summed E-state index contributed by atoms with van der Waals surface area (Å²) < 4.78 is 11.1. The van der Waals surface area contributed by atoms with Crippen molar-refractivity contribution < 1.29 is 19.4 Å². The molecule has 140 valence electrons. The van der Waals surface area contributed by atoms with E-state index >= 15 is 0 Å². The van der Waals surface area contributed by atoms with Gasteiger partial charge in [-0.1, -0.05) is 0 Å². The molecule has 2 heterocycles. The highest BCUT2D eigenvalue weighted by Crippen LogP contribution is 2.20. The smallest absolute Gasteiger partial charge is 0.225 e. The number of piperidine rings is 1. The summed E-state index contributed by atoms with van der Waals surface area (Å²) >= 11 is 0. The van der Waals surface area contributed by atoms with E-state index in [9.17, 15) is 9.90 Å². The molecule has 1 N–H and O–H groups in total. The van der Waals surface area contributed by atoms with E-state index in [0.29, 0.717) is 25.7 Å². The van der Waals surface area contributed by atoms with E-state index in [0.717, 1.165) is 58.5 Å². The molecule has 2 saturated heterocycles. The third-order valence-corrected chi connectivity index (χ3v) is 5.12. The summed E-state index contributed by atoms with van der Waals surface area (Å²) in [5.74, 6) is 0.439. The van der Waals surface area contributed by atoms with Crippen LogP contribution in [-0.4, -0.2) is 85.6 Å². The highest BCUT2D eigenvalue weighted by Gasteiger charge is 2.28. The second-order valence-corrected chi connectivity index (χ2v) is 6.91. The molecule has 2 unspecified atom stereocenters. The van der Waals surface area contributed by atoms with Crippen molar-refractivity contribution in [3.05, 3.63) is 0 Å². The molecule has 0 aromatic rings. The largest absolute Gasteiger partial charge is 0.389 e. The lowest BCUT2D eigenvalue weighted by atomic mass is 9.95. The first-order valence-electron chi connectivity index (χ1n) is 9.52. The number of carbonyl (C=O) groups is 1. The van der Waals surface area contributed by atoms with Gasteiger partial charge in [0.2, 0.25) is 5.91 Å². The van der Waals surface area contributed by atoms with Crippen LogP contribution in [0.1, 0.15) is 39.5 Å². The SMILES string of the molecule is CCN(CC)C(=O)C1CCN(CC(O)COCC2CCCO2)CC1. The average molecular weight is 342 g/mol. The number of likely N-dealkylation sites (tertiary alicyclic amines) is 1. The van der Waals surface area contributed by atoms with Crippen molar-refractivity contribution in [3.8, 4) is 0 Å². The number of amides is 1. The van der Waals surface area contributed by atoms with E-state index in [1.165, 1.54) is 0 Å². The molecule has 1 amide bonds. The third-order valence-electron chi connectivity index (χ3n) is 5.12. The van der Waals surface area contributed by atoms with Crippen molar-refractivity contribution in [2.45, 2.75) is 51.7 Å². The van der Waals surface area contributed by atoms with Crippen LogP contribution in [0.2, 0.25) is 0 Å². The van der Waals surface area contributed by atoms with Gasteiger partial charge in [-0.15, -0.1) is 0 Å². The molecule has 2 aliphatic heterocycles. The summed E-state index contributed by atoms with van der Waals surface area (Å²) in [4.78, 5) is 16.5. The van der Waals surface area contributed by atoms with Gasteiger partial charge in [-0.2, -0.15) is 0 Å². The third kappa shape index (κ3) is 5.99. The Kier molecular flexibility index (Phi) is 8.45. The van der Waals surface area contributed by atoms with Gasteiger partial charge in [0.05, 0.1) is 25.4 Å². The molecule has 24 heavy (non-hydrogen) atoms. The van der Waals surface area contributed by atoms with Crippen LogP contribution < -0.4 is 0 Å². The Balaban J connectivity index is 1.60. The lowest BCUT2D eigenvalue weighted by Crippen LogP contribution is -2.45. The Morgan fingerprint density at radius 3 is 2.58 bits per heavy atom. The summed E-state index contributed by atoms with van der Waals surface area (Å²) in [5.41, 5.74) is 0. The molecular formula is C18H34N2O4. The van der Waals surface area contributed by atoms with Gasteiger partial charge < -0.3 is 24.4 Å². The minimum absolute atomic E-state index is 0.147. The molecule has 0 aromatic carbocycles. The van der Waals surface area contributed by atoms with Crippen molar-refractivity contribution in [2.24, 2.45) is 5.92 Å². The second kappa shape index (κ2) is 10.3. The summed E-state index contributed by atoms with van der Waals surface area (Å²) in [6.45, 7) is 9.78. The molecule has 2 fully saturated rings. The number of rotatable bonds is 9. The molecule has 0 bridgehead atoms. The Labute approximate surface area is 146 Å². The molecule has 0 spiro atoms. The molecule has 0 aromatic heterocycles. The van der Waals surface area contributed by atoms with Crippen LogP contribution in [0.4, 0.5) is 0 Å².